The molecule has 0 aliphatic heterocycles. The first-order valence-electron chi connectivity index (χ1n) is 10.7. The first-order valence-corrected chi connectivity index (χ1v) is 10.7. The zero-order chi connectivity index (χ0) is 23.3. The van der Waals surface area contributed by atoms with Gasteiger partial charge in [0.1, 0.15) is 18.2 Å². The van der Waals surface area contributed by atoms with Crippen LogP contribution in [0.1, 0.15) is 50.7 Å². The van der Waals surface area contributed by atoms with Gasteiger partial charge in [-0.05, 0) is 49.4 Å². The van der Waals surface area contributed by atoms with E-state index in [-0.39, 0.29) is 25.4 Å². The van der Waals surface area contributed by atoms with Crippen LogP contribution >= 0.6 is 0 Å². The highest BCUT2D eigenvalue weighted by Crippen LogP contribution is 2.44. The first-order chi connectivity index (χ1) is 15.2. The number of rotatable bonds is 7. The molecule has 0 fully saturated rings. The minimum atomic E-state index is -0.900. The molecular weight excluding hydrogens is 408 g/mol. The normalized spacial score (nSPS) is 13.5. The molecule has 1 aliphatic rings. The fraction of sp³-hybridized carbons (Fsp3) is 0.400. The number of fused-ring (bicyclic) bond motifs is 3. The molecule has 0 heterocycles. The molecule has 0 saturated carbocycles. The van der Waals surface area contributed by atoms with Crippen LogP contribution in [-0.4, -0.2) is 43.3 Å². The number of hydrogen-bond donors (Lipinski definition) is 2. The third kappa shape index (κ3) is 5.66. The van der Waals surface area contributed by atoms with Gasteiger partial charge in [-0.25, -0.2) is 4.79 Å². The highest BCUT2D eigenvalue weighted by Gasteiger charge is 2.30. The van der Waals surface area contributed by atoms with Crippen molar-refractivity contribution >= 4 is 18.0 Å². The molecule has 1 atom stereocenters. The lowest BCUT2D eigenvalue weighted by Crippen LogP contribution is -2.46. The number of likely N-dealkylation sites (N-methyl/N-ethyl adjacent to an activating group) is 1. The lowest BCUT2D eigenvalue weighted by atomic mass is 9.98. The Morgan fingerprint density at radius 2 is 1.53 bits per heavy atom. The summed E-state index contributed by atoms with van der Waals surface area (Å²) in [5.41, 5.74) is 3.87. The number of hydrogen-bond acceptors (Lipinski definition) is 5. The van der Waals surface area contributed by atoms with Crippen molar-refractivity contribution < 1.29 is 23.9 Å². The van der Waals surface area contributed by atoms with Crippen molar-refractivity contribution in [1.82, 2.24) is 10.6 Å². The Bertz CT molecular complexity index is 950. The molecular formula is C25H30N2O5. The molecule has 0 radical (unpaired) electrons. The van der Waals surface area contributed by atoms with E-state index < -0.39 is 29.6 Å². The van der Waals surface area contributed by atoms with Crippen molar-refractivity contribution in [2.45, 2.75) is 51.2 Å². The second-order valence-electron chi connectivity index (χ2n) is 8.76. The van der Waals surface area contributed by atoms with Crippen molar-refractivity contribution in [2.24, 2.45) is 0 Å². The quantitative estimate of drug-likeness (QED) is 0.642. The van der Waals surface area contributed by atoms with Gasteiger partial charge in [-0.1, -0.05) is 48.5 Å². The maximum atomic E-state index is 12.5. The van der Waals surface area contributed by atoms with Crippen LogP contribution in [0.15, 0.2) is 48.5 Å². The Balaban J connectivity index is 1.61. The Kier molecular flexibility index (Phi) is 7.18. The van der Waals surface area contributed by atoms with Crippen LogP contribution in [0.3, 0.4) is 0 Å². The van der Waals surface area contributed by atoms with E-state index in [1.165, 1.54) is 7.05 Å². The van der Waals surface area contributed by atoms with Crippen molar-refractivity contribution in [3.8, 4) is 11.1 Å². The molecule has 0 unspecified atom stereocenters. The van der Waals surface area contributed by atoms with Crippen LogP contribution in [0.5, 0.6) is 0 Å². The Hall–Kier alpha value is -3.35. The molecule has 0 bridgehead atoms. The van der Waals surface area contributed by atoms with Crippen LogP contribution in [0, 0.1) is 0 Å². The summed E-state index contributed by atoms with van der Waals surface area (Å²) in [5, 5.41) is 5.08. The molecule has 2 aromatic carbocycles. The summed E-state index contributed by atoms with van der Waals surface area (Å²) in [6.07, 6.45) is -0.595. The Morgan fingerprint density at radius 1 is 0.969 bits per heavy atom. The standard InChI is InChI=1S/C25H30N2O5/c1-25(2,3)32-22(28)14-13-21(23(29)26-4)27-24(30)31-15-20-18-11-7-5-9-16(18)17-10-6-8-12-19(17)20/h5-12,20-21H,13-15H2,1-4H3,(H,26,29)(H,27,30)/t21-/m0/s1. The maximum Gasteiger partial charge on any atom is 0.407 e. The minimum Gasteiger partial charge on any atom is -0.460 e. The van der Waals surface area contributed by atoms with Gasteiger partial charge in [-0.15, -0.1) is 0 Å². The molecule has 2 amide bonds. The van der Waals surface area contributed by atoms with Crippen LogP contribution in [0.25, 0.3) is 11.1 Å². The van der Waals surface area contributed by atoms with Crippen molar-refractivity contribution in [3.05, 3.63) is 59.7 Å². The van der Waals surface area contributed by atoms with Gasteiger partial charge in [-0.3, -0.25) is 9.59 Å². The van der Waals surface area contributed by atoms with Crippen molar-refractivity contribution in [1.29, 1.82) is 0 Å². The summed E-state index contributed by atoms with van der Waals surface area (Å²) in [6.45, 7) is 5.47. The molecule has 7 nitrogen and oxygen atoms in total. The van der Waals surface area contributed by atoms with E-state index in [1.54, 1.807) is 20.8 Å². The summed E-state index contributed by atoms with van der Waals surface area (Å²) in [6, 6.07) is 15.2. The summed E-state index contributed by atoms with van der Waals surface area (Å²) in [7, 11) is 1.47. The van der Waals surface area contributed by atoms with E-state index in [0.717, 1.165) is 22.3 Å². The summed E-state index contributed by atoms with van der Waals surface area (Å²) < 4.78 is 10.8. The predicted octanol–water partition coefficient (Wildman–Crippen LogP) is 3.76. The molecule has 0 saturated heterocycles. The topological polar surface area (TPSA) is 93.7 Å². The van der Waals surface area contributed by atoms with Crippen LogP contribution in [0.2, 0.25) is 0 Å². The third-order valence-corrected chi connectivity index (χ3v) is 5.26. The summed E-state index contributed by atoms with van der Waals surface area (Å²) >= 11 is 0. The number of ether oxygens (including phenoxy) is 2. The largest absolute Gasteiger partial charge is 0.460 e. The first kappa shape index (κ1) is 23.3. The van der Waals surface area contributed by atoms with Gasteiger partial charge in [-0.2, -0.15) is 0 Å². The summed E-state index contributed by atoms with van der Waals surface area (Å²) in [5.74, 6) is -0.906. The van der Waals surface area contributed by atoms with E-state index in [0.29, 0.717) is 0 Å². The highest BCUT2D eigenvalue weighted by molar-refractivity contribution is 5.86. The number of carbonyl (C=O) groups is 3. The third-order valence-electron chi connectivity index (χ3n) is 5.26. The van der Waals surface area contributed by atoms with Crippen molar-refractivity contribution in [2.75, 3.05) is 13.7 Å². The van der Waals surface area contributed by atoms with Gasteiger partial charge >= 0.3 is 12.1 Å². The van der Waals surface area contributed by atoms with E-state index in [1.807, 2.05) is 36.4 Å². The van der Waals surface area contributed by atoms with Crippen molar-refractivity contribution in [3.63, 3.8) is 0 Å². The van der Waals surface area contributed by atoms with Gasteiger partial charge in [0.2, 0.25) is 5.91 Å². The van der Waals surface area contributed by atoms with Gasteiger partial charge < -0.3 is 20.1 Å². The Labute approximate surface area is 188 Å². The van der Waals surface area contributed by atoms with Crippen LogP contribution < -0.4 is 10.6 Å². The lowest BCUT2D eigenvalue weighted by molar-refractivity contribution is -0.155. The summed E-state index contributed by atoms with van der Waals surface area (Å²) in [4.78, 5) is 36.7. The second-order valence-corrected chi connectivity index (χ2v) is 8.76. The monoisotopic (exact) mass is 438 g/mol. The fourth-order valence-electron chi connectivity index (χ4n) is 3.88. The number of esters is 1. The van der Waals surface area contributed by atoms with Gasteiger partial charge in [0.25, 0.3) is 0 Å². The molecule has 1 aliphatic carbocycles. The zero-order valence-corrected chi connectivity index (χ0v) is 18.9. The van der Waals surface area contributed by atoms with E-state index >= 15 is 0 Å². The molecule has 0 aromatic heterocycles. The average molecular weight is 439 g/mol. The molecule has 32 heavy (non-hydrogen) atoms. The van der Waals surface area contributed by atoms with Crippen LogP contribution in [-0.2, 0) is 19.1 Å². The number of nitrogens with one attached hydrogen (secondary N) is 2. The average Bonchev–Trinajstić information content (AvgIpc) is 3.07. The van der Waals surface area contributed by atoms with Gasteiger partial charge in [0.15, 0.2) is 0 Å². The number of benzene rings is 2. The fourth-order valence-corrected chi connectivity index (χ4v) is 3.88. The highest BCUT2D eigenvalue weighted by atomic mass is 16.6. The van der Waals surface area contributed by atoms with Gasteiger partial charge in [0.05, 0.1) is 0 Å². The molecule has 7 heteroatoms. The zero-order valence-electron chi connectivity index (χ0n) is 18.9. The van der Waals surface area contributed by atoms with E-state index in [4.69, 9.17) is 9.47 Å². The lowest BCUT2D eigenvalue weighted by Gasteiger charge is -2.21. The molecule has 0 spiro atoms. The molecule has 3 rings (SSSR count). The number of alkyl carbamates (subject to hydrolysis) is 1. The second kappa shape index (κ2) is 9.85. The molecule has 2 N–H and O–H groups in total. The number of carbonyl (C=O) groups excluding carboxylic acids is 3. The molecule has 170 valence electrons. The van der Waals surface area contributed by atoms with E-state index in [2.05, 4.69) is 22.8 Å². The van der Waals surface area contributed by atoms with Gasteiger partial charge in [0, 0.05) is 19.4 Å². The van der Waals surface area contributed by atoms with Crippen LogP contribution in [0.4, 0.5) is 4.79 Å². The van der Waals surface area contributed by atoms with E-state index in [9.17, 15) is 14.4 Å². The maximum absolute atomic E-state index is 12.5. The Morgan fingerprint density at radius 3 is 2.06 bits per heavy atom. The molecule has 2 aromatic rings. The number of amides is 2. The SMILES string of the molecule is CNC(=O)[C@H](CCC(=O)OC(C)(C)C)NC(=O)OCC1c2ccccc2-c2ccccc21. The minimum absolute atomic E-state index is 0.000980. The smallest absolute Gasteiger partial charge is 0.407 e. The predicted molar refractivity (Wildman–Crippen MR) is 121 cm³/mol.